The van der Waals surface area contributed by atoms with Gasteiger partial charge in [0.1, 0.15) is 0 Å². The number of amides is 1. The van der Waals surface area contributed by atoms with Crippen molar-refractivity contribution in [2.45, 2.75) is 33.8 Å². The summed E-state index contributed by atoms with van der Waals surface area (Å²) in [5.41, 5.74) is 3.80. The van der Waals surface area contributed by atoms with Crippen LogP contribution in [-0.4, -0.2) is 18.0 Å². The quantitative estimate of drug-likeness (QED) is 0.864. The van der Waals surface area contributed by atoms with Gasteiger partial charge < -0.3 is 10.1 Å². The van der Waals surface area contributed by atoms with Crippen LogP contribution in [0.4, 0.5) is 5.69 Å². The molecular weight excluding hydrogens is 290 g/mol. The lowest BCUT2D eigenvalue weighted by molar-refractivity contribution is 0.0378. The molecule has 0 radical (unpaired) electrons. The number of carbonyl (C=O) groups is 2. The zero-order valence-corrected chi connectivity index (χ0v) is 13.8. The van der Waals surface area contributed by atoms with Gasteiger partial charge in [-0.2, -0.15) is 0 Å². The van der Waals surface area contributed by atoms with Crippen LogP contribution in [0.3, 0.4) is 0 Å². The molecule has 0 atom stereocenters. The molecule has 0 saturated heterocycles. The second-order valence-electron chi connectivity index (χ2n) is 5.86. The fourth-order valence-corrected chi connectivity index (χ4v) is 2.28. The predicted molar refractivity (Wildman–Crippen MR) is 90.9 cm³/mol. The minimum absolute atomic E-state index is 0.161. The highest BCUT2D eigenvalue weighted by Crippen LogP contribution is 2.14. The van der Waals surface area contributed by atoms with Gasteiger partial charge in [-0.15, -0.1) is 0 Å². The summed E-state index contributed by atoms with van der Waals surface area (Å²) >= 11 is 0. The molecule has 0 saturated carbocycles. The van der Waals surface area contributed by atoms with Crippen LogP contribution < -0.4 is 5.32 Å². The summed E-state index contributed by atoms with van der Waals surface area (Å²) in [4.78, 5) is 24.1. The number of rotatable bonds is 4. The highest BCUT2D eigenvalue weighted by atomic mass is 16.5. The molecule has 0 fully saturated rings. The molecule has 0 aliphatic carbocycles. The Hall–Kier alpha value is -2.62. The van der Waals surface area contributed by atoms with E-state index in [9.17, 15) is 9.59 Å². The van der Waals surface area contributed by atoms with E-state index in [1.165, 1.54) is 0 Å². The number of nitrogens with one attached hydrogen (secondary N) is 1. The Morgan fingerprint density at radius 2 is 1.48 bits per heavy atom. The summed E-state index contributed by atoms with van der Waals surface area (Å²) < 4.78 is 5.13. The van der Waals surface area contributed by atoms with Gasteiger partial charge in [-0.05, 0) is 64.1 Å². The zero-order chi connectivity index (χ0) is 17.0. The third kappa shape index (κ3) is 4.68. The molecule has 0 spiro atoms. The number of anilines is 1. The molecule has 0 unspecified atom stereocenters. The second kappa shape index (κ2) is 7.09. The lowest BCUT2D eigenvalue weighted by Gasteiger charge is -2.09. The van der Waals surface area contributed by atoms with Gasteiger partial charge in [0.05, 0.1) is 11.7 Å². The summed E-state index contributed by atoms with van der Waals surface area (Å²) in [6.07, 6.45) is -0.161. The molecule has 2 aromatic carbocycles. The molecule has 0 bridgehead atoms. The minimum atomic E-state index is -0.368. The molecule has 4 nitrogen and oxygen atoms in total. The molecule has 0 aliphatic heterocycles. The number of carbonyl (C=O) groups excluding carboxylic acids is 2. The van der Waals surface area contributed by atoms with Crippen molar-refractivity contribution in [2.75, 3.05) is 5.32 Å². The smallest absolute Gasteiger partial charge is 0.338 e. The van der Waals surface area contributed by atoms with E-state index in [0.29, 0.717) is 16.8 Å². The largest absolute Gasteiger partial charge is 0.459 e. The van der Waals surface area contributed by atoms with E-state index < -0.39 is 0 Å². The predicted octanol–water partition coefficient (Wildman–Crippen LogP) is 4.12. The average molecular weight is 311 g/mol. The van der Waals surface area contributed by atoms with Gasteiger partial charge in [0.25, 0.3) is 5.91 Å². The molecule has 23 heavy (non-hydrogen) atoms. The van der Waals surface area contributed by atoms with E-state index in [4.69, 9.17) is 4.74 Å². The Morgan fingerprint density at radius 3 is 2.00 bits per heavy atom. The summed E-state index contributed by atoms with van der Waals surface area (Å²) in [5, 5.41) is 2.83. The highest BCUT2D eigenvalue weighted by Gasteiger charge is 2.10. The van der Waals surface area contributed by atoms with Crippen LogP contribution in [0.1, 0.15) is 45.7 Å². The molecule has 0 aliphatic rings. The summed E-state index contributed by atoms with van der Waals surface area (Å²) in [6.45, 7) is 7.52. The first-order valence-corrected chi connectivity index (χ1v) is 7.56. The van der Waals surface area contributed by atoms with Gasteiger partial charge in [-0.3, -0.25) is 4.79 Å². The van der Waals surface area contributed by atoms with Crippen molar-refractivity contribution in [1.29, 1.82) is 0 Å². The summed E-state index contributed by atoms with van der Waals surface area (Å²) in [5.74, 6) is -0.540. The van der Waals surface area contributed by atoms with Crippen molar-refractivity contribution in [3.63, 3.8) is 0 Å². The van der Waals surface area contributed by atoms with Gasteiger partial charge in [-0.25, -0.2) is 4.79 Å². The lowest BCUT2D eigenvalue weighted by Crippen LogP contribution is -2.13. The van der Waals surface area contributed by atoms with E-state index in [2.05, 4.69) is 5.32 Å². The SMILES string of the molecule is Cc1cc(C)cc(C(=O)Nc2ccc(C(=O)OC(C)C)cc2)c1. The number of esters is 1. The maximum absolute atomic E-state index is 12.3. The van der Waals surface area contributed by atoms with Crippen molar-refractivity contribution in [3.8, 4) is 0 Å². The van der Waals surface area contributed by atoms with Crippen LogP contribution in [0.25, 0.3) is 0 Å². The monoisotopic (exact) mass is 311 g/mol. The third-order valence-corrected chi connectivity index (χ3v) is 3.21. The van der Waals surface area contributed by atoms with Crippen molar-refractivity contribution in [2.24, 2.45) is 0 Å². The molecule has 1 amide bonds. The molecule has 2 rings (SSSR count). The molecule has 4 heteroatoms. The Bertz CT molecular complexity index is 698. The van der Waals surface area contributed by atoms with E-state index in [1.54, 1.807) is 38.1 Å². The first-order chi connectivity index (χ1) is 10.8. The van der Waals surface area contributed by atoms with E-state index in [1.807, 2.05) is 32.0 Å². The van der Waals surface area contributed by atoms with Gasteiger partial charge in [0, 0.05) is 11.3 Å². The second-order valence-corrected chi connectivity index (χ2v) is 5.86. The number of hydrogen-bond acceptors (Lipinski definition) is 3. The van der Waals surface area contributed by atoms with E-state index >= 15 is 0 Å². The fourth-order valence-electron chi connectivity index (χ4n) is 2.28. The lowest BCUT2D eigenvalue weighted by atomic mass is 10.1. The topological polar surface area (TPSA) is 55.4 Å². The van der Waals surface area contributed by atoms with Gasteiger partial charge in [-0.1, -0.05) is 17.2 Å². The Kier molecular flexibility index (Phi) is 5.16. The van der Waals surface area contributed by atoms with Crippen LogP contribution in [-0.2, 0) is 4.74 Å². The molecular formula is C19H21NO3. The van der Waals surface area contributed by atoms with E-state index in [0.717, 1.165) is 11.1 Å². The Morgan fingerprint density at radius 1 is 0.913 bits per heavy atom. The van der Waals surface area contributed by atoms with Crippen LogP contribution in [0, 0.1) is 13.8 Å². The van der Waals surface area contributed by atoms with Crippen molar-refractivity contribution >= 4 is 17.6 Å². The Labute approximate surface area is 136 Å². The van der Waals surface area contributed by atoms with Crippen molar-refractivity contribution < 1.29 is 14.3 Å². The molecule has 0 heterocycles. The van der Waals surface area contributed by atoms with Gasteiger partial charge >= 0.3 is 5.97 Å². The summed E-state index contributed by atoms with van der Waals surface area (Å²) in [7, 11) is 0. The maximum Gasteiger partial charge on any atom is 0.338 e. The fraction of sp³-hybridized carbons (Fsp3) is 0.263. The summed E-state index contributed by atoms with van der Waals surface area (Å²) in [6, 6.07) is 12.4. The van der Waals surface area contributed by atoms with Gasteiger partial charge in [0.15, 0.2) is 0 Å². The van der Waals surface area contributed by atoms with Gasteiger partial charge in [0.2, 0.25) is 0 Å². The van der Waals surface area contributed by atoms with E-state index in [-0.39, 0.29) is 18.0 Å². The highest BCUT2D eigenvalue weighted by molar-refractivity contribution is 6.04. The maximum atomic E-state index is 12.3. The van der Waals surface area contributed by atoms with Crippen LogP contribution in [0.2, 0.25) is 0 Å². The first kappa shape index (κ1) is 16.7. The number of ether oxygens (including phenoxy) is 1. The number of aryl methyl sites for hydroxylation is 2. The van der Waals surface area contributed by atoms with Crippen LogP contribution in [0.15, 0.2) is 42.5 Å². The number of benzene rings is 2. The zero-order valence-electron chi connectivity index (χ0n) is 13.8. The molecule has 120 valence electrons. The Balaban J connectivity index is 2.08. The first-order valence-electron chi connectivity index (χ1n) is 7.56. The molecule has 1 N–H and O–H groups in total. The van der Waals surface area contributed by atoms with Crippen LogP contribution >= 0.6 is 0 Å². The average Bonchev–Trinajstić information content (AvgIpc) is 2.46. The third-order valence-electron chi connectivity index (χ3n) is 3.21. The van der Waals surface area contributed by atoms with Crippen molar-refractivity contribution in [3.05, 3.63) is 64.7 Å². The van der Waals surface area contributed by atoms with Crippen molar-refractivity contribution in [1.82, 2.24) is 0 Å². The molecule has 0 aromatic heterocycles. The normalized spacial score (nSPS) is 10.5. The standard InChI is InChI=1S/C19H21NO3/c1-12(2)23-19(22)15-5-7-17(8-6-15)20-18(21)16-10-13(3)9-14(4)11-16/h5-12H,1-4H3,(H,20,21). The molecule has 2 aromatic rings. The minimum Gasteiger partial charge on any atom is -0.459 e. The van der Waals surface area contributed by atoms with Crippen LogP contribution in [0.5, 0.6) is 0 Å². The number of hydrogen-bond donors (Lipinski definition) is 1.